The second kappa shape index (κ2) is 2.54. The van der Waals surface area contributed by atoms with Crippen LogP contribution in [-0.2, 0) is 0 Å². The maximum absolute atomic E-state index is 12.2. The number of aromatic carboxylic acids is 1. The maximum atomic E-state index is 12.2. The summed E-state index contributed by atoms with van der Waals surface area (Å²) >= 11 is -0.130. The van der Waals surface area contributed by atoms with Gasteiger partial charge in [-0.05, 0) is 0 Å². The minimum absolute atomic E-state index is 0.130. The highest BCUT2D eigenvalue weighted by Crippen LogP contribution is 2.23. The summed E-state index contributed by atoms with van der Waals surface area (Å²) in [6.07, 6.45) is 0. The van der Waals surface area contributed by atoms with E-state index in [-0.39, 0.29) is 11.3 Å². The van der Waals surface area contributed by atoms with Crippen LogP contribution in [0.3, 0.4) is 0 Å². The van der Waals surface area contributed by atoms with Gasteiger partial charge < -0.3 is 9.90 Å². The standard InChI is InChI=1S/C5HF3O2S/c6-1-2(7)4(8)11-3(1)5(9)10/h(H,9,10)/p-1. The molecule has 1 rings (SSSR count). The zero-order valence-corrected chi connectivity index (χ0v) is 5.68. The van der Waals surface area contributed by atoms with Gasteiger partial charge in [0.15, 0.2) is 5.82 Å². The largest absolute Gasteiger partial charge is 0.544 e. The van der Waals surface area contributed by atoms with Gasteiger partial charge >= 0.3 is 0 Å². The number of rotatable bonds is 1. The fourth-order valence-corrected chi connectivity index (χ4v) is 1.12. The molecule has 0 saturated heterocycles. The van der Waals surface area contributed by atoms with Gasteiger partial charge in [0.25, 0.3) is 0 Å². The van der Waals surface area contributed by atoms with Crippen LogP contribution in [0.15, 0.2) is 0 Å². The summed E-state index contributed by atoms with van der Waals surface area (Å²) < 4.78 is 36.4. The minimum atomic E-state index is -1.92. The molecule has 2 nitrogen and oxygen atoms in total. The number of thiophene rings is 1. The van der Waals surface area contributed by atoms with E-state index in [1.807, 2.05) is 0 Å². The van der Waals surface area contributed by atoms with Gasteiger partial charge in [-0.3, -0.25) is 0 Å². The summed E-state index contributed by atoms with van der Waals surface area (Å²) in [5.74, 6) is -5.39. The molecule has 0 radical (unpaired) electrons. The highest BCUT2D eigenvalue weighted by Gasteiger charge is 2.18. The Morgan fingerprint density at radius 2 is 1.82 bits per heavy atom. The number of carboxylic acid groups (broad SMARTS) is 1. The number of carbonyl (C=O) groups is 1. The van der Waals surface area contributed by atoms with Crippen molar-refractivity contribution in [3.8, 4) is 0 Å². The lowest BCUT2D eigenvalue weighted by molar-refractivity contribution is -0.254. The van der Waals surface area contributed by atoms with Crippen molar-refractivity contribution in [3.63, 3.8) is 0 Å². The van der Waals surface area contributed by atoms with Crippen molar-refractivity contribution in [1.29, 1.82) is 0 Å². The molecule has 1 aromatic heterocycles. The zero-order valence-electron chi connectivity index (χ0n) is 4.86. The van der Waals surface area contributed by atoms with Gasteiger partial charge in [0.2, 0.25) is 10.9 Å². The van der Waals surface area contributed by atoms with Crippen LogP contribution in [0.5, 0.6) is 0 Å². The first-order valence-corrected chi connectivity index (χ1v) is 3.20. The Morgan fingerprint density at radius 3 is 2.00 bits per heavy atom. The molecule has 0 atom stereocenters. The number of carbonyl (C=O) groups excluding carboxylic acids is 1. The second-order valence-corrected chi connectivity index (χ2v) is 2.59. The third-order valence-corrected chi connectivity index (χ3v) is 1.85. The van der Waals surface area contributed by atoms with Gasteiger partial charge in [-0.2, -0.15) is 8.78 Å². The molecule has 0 fully saturated rings. The van der Waals surface area contributed by atoms with Crippen molar-refractivity contribution in [2.45, 2.75) is 0 Å². The second-order valence-electron chi connectivity index (χ2n) is 1.62. The molecule has 0 aliphatic heterocycles. The molecule has 0 amide bonds. The van der Waals surface area contributed by atoms with E-state index in [9.17, 15) is 23.1 Å². The Bertz CT molecular complexity index is 307. The first kappa shape index (κ1) is 8.06. The van der Waals surface area contributed by atoms with Gasteiger partial charge in [0, 0.05) is 0 Å². The lowest BCUT2D eigenvalue weighted by Crippen LogP contribution is -2.22. The molecule has 0 aliphatic carbocycles. The topological polar surface area (TPSA) is 40.1 Å². The van der Waals surface area contributed by atoms with Crippen LogP contribution in [0.4, 0.5) is 13.2 Å². The average molecular weight is 181 g/mol. The monoisotopic (exact) mass is 181 g/mol. The molecule has 1 aromatic rings. The maximum Gasteiger partial charge on any atom is 0.216 e. The molecule has 0 bridgehead atoms. The Labute approximate surface area is 62.9 Å². The fraction of sp³-hybridized carbons (Fsp3) is 0. The van der Waals surface area contributed by atoms with Crippen molar-refractivity contribution in [2.24, 2.45) is 0 Å². The van der Waals surface area contributed by atoms with Crippen LogP contribution in [0.25, 0.3) is 0 Å². The molecule has 0 saturated carbocycles. The van der Waals surface area contributed by atoms with E-state index in [1.165, 1.54) is 0 Å². The third kappa shape index (κ3) is 1.21. The van der Waals surface area contributed by atoms with E-state index >= 15 is 0 Å². The van der Waals surface area contributed by atoms with E-state index in [0.717, 1.165) is 0 Å². The van der Waals surface area contributed by atoms with Gasteiger partial charge in [-0.25, -0.2) is 4.39 Å². The van der Waals surface area contributed by atoms with E-state index in [2.05, 4.69) is 0 Å². The predicted molar refractivity (Wildman–Crippen MR) is 28.5 cm³/mol. The van der Waals surface area contributed by atoms with Crippen LogP contribution in [-0.4, -0.2) is 5.97 Å². The SMILES string of the molecule is O=C([O-])c1sc(F)c(F)c1F. The first-order chi connectivity index (χ1) is 5.04. The summed E-state index contributed by atoms with van der Waals surface area (Å²) in [6, 6.07) is 0. The molecule has 6 heteroatoms. The van der Waals surface area contributed by atoms with E-state index < -0.39 is 27.6 Å². The summed E-state index contributed by atoms with van der Waals surface area (Å²) in [4.78, 5) is 8.86. The van der Waals surface area contributed by atoms with Crippen molar-refractivity contribution in [3.05, 3.63) is 21.6 Å². The number of carboxylic acids is 1. The Morgan fingerprint density at radius 1 is 1.27 bits per heavy atom. The van der Waals surface area contributed by atoms with Crippen LogP contribution in [0.2, 0.25) is 0 Å². The van der Waals surface area contributed by atoms with Crippen LogP contribution in [0.1, 0.15) is 9.67 Å². The summed E-state index contributed by atoms with van der Waals surface area (Å²) in [5.41, 5.74) is 0. The molecule has 0 spiro atoms. The van der Waals surface area contributed by atoms with Crippen LogP contribution in [0, 0.1) is 16.8 Å². The predicted octanol–water partition coefficient (Wildman–Crippen LogP) is 0.529. The van der Waals surface area contributed by atoms with Crippen molar-refractivity contribution in [2.75, 3.05) is 0 Å². The van der Waals surface area contributed by atoms with Crippen molar-refractivity contribution >= 4 is 17.3 Å². The summed E-state index contributed by atoms with van der Waals surface area (Å²) in [7, 11) is 0. The van der Waals surface area contributed by atoms with Gasteiger partial charge in [0.05, 0.1) is 10.8 Å². The van der Waals surface area contributed by atoms with E-state index in [4.69, 9.17) is 0 Å². The van der Waals surface area contributed by atoms with E-state index in [1.54, 1.807) is 0 Å². The van der Waals surface area contributed by atoms with Crippen LogP contribution >= 0.6 is 11.3 Å². The molecule has 0 aliphatic rings. The van der Waals surface area contributed by atoms with Gasteiger partial charge in [-0.1, -0.05) is 11.3 Å². The number of halogens is 3. The molecule has 1 heterocycles. The van der Waals surface area contributed by atoms with Crippen molar-refractivity contribution in [1.82, 2.24) is 0 Å². The quantitative estimate of drug-likeness (QED) is 0.634. The summed E-state index contributed by atoms with van der Waals surface area (Å²) in [6.45, 7) is 0. The lowest BCUT2D eigenvalue weighted by atomic mass is 10.4. The number of hydrogen-bond acceptors (Lipinski definition) is 3. The Hall–Kier alpha value is -1.04. The van der Waals surface area contributed by atoms with Gasteiger partial charge in [0.1, 0.15) is 0 Å². The molecular weight excluding hydrogens is 181 g/mol. The zero-order chi connectivity index (χ0) is 8.59. The summed E-state index contributed by atoms with van der Waals surface area (Å²) in [5, 5.41) is 8.43. The smallest absolute Gasteiger partial charge is 0.216 e. The average Bonchev–Trinajstić information content (AvgIpc) is 2.17. The molecule has 0 aromatic carbocycles. The Kier molecular flexibility index (Phi) is 1.86. The highest BCUT2D eigenvalue weighted by molar-refractivity contribution is 7.12. The lowest BCUT2D eigenvalue weighted by Gasteiger charge is -1.93. The fourth-order valence-electron chi connectivity index (χ4n) is 0.496. The Balaban J connectivity index is 3.29. The minimum Gasteiger partial charge on any atom is -0.544 e. The molecule has 0 unspecified atom stereocenters. The first-order valence-electron chi connectivity index (χ1n) is 2.38. The number of hydrogen-bond donors (Lipinski definition) is 0. The molecule has 11 heavy (non-hydrogen) atoms. The van der Waals surface area contributed by atoms with Crippen LogP contribution < -0.4 is 5.11 Å². The molecule has 60 valence electrons. The normalized spacial score (nSPS) is 10.1. The van der Waals surface area contributed by atoms with Gasteiger partial charge in [-0.15, -0.1) is 0 Å². The van der Waals surface area contributed by atoms with Crippen molar-refractivity contribution < 1.29 is 23.1 Å². The highest BCUT2D eigenvalue weighted by atomic mass is 32.1. The third-order valence-electron chi connectivity index (χ3n) is 0.942. The molecular formula is C5F3O2S-. The van der Waals surface area contributed by atoms with E-state index in [0.29, 0.717) is 0 Å². The molecule has 0 N–H and O–H groups in total.